The van der Waals surface area contributed by atoms with Crippen molar-refractivity contribution in [2.24, 2.45) is 7.05 Å². The van der Waals surface area contributed by atoms with Gasteiger partial charge in [0, 0.05) is 35.2 Å². The van der Waals surface area contributed by atoms with Crippen LogP contribution in [-0.4, -0.2) is 18.0 Å². The first-order valence-electron chi connectivity index (χ1n) is 9.63. The number of nitrogens with zero attached hydrogens (tertiary/aromatic N) is 1. The average molecular weight is 467 g/mol. The number of rotatable bonds is 6. The lowest BCUT2D eigenvalue weighted by molar-refractivity contribution is 0.475. The summed E-state index contributed by atoms with van der Waals surface area (Å²) >= 11 is 0. The third-order valence-corrected chi connectivity index (χ3v) is 5.82. The molecule has 33 heavy (non-hydrogen) atoms. The Bertz CT molecular complexity index is 1610. The zero-order valence-electron chi connectivity index (χ0n) is 17.3. The summed E-state index contributed by atoms with van der Waals surface area (Å²) in [5.41, 5.74) is -0.309. The summed E-state index contributed by atoms with van der Waals surface area (Å²) in [4.78, 5) is 28.0. The van der Waals surface area contributed by atoms with Gasteiger partial charge in [0.25, 0.3) is 21.1 Å². The van der Waals surface area contributed by atoms with Gasteiger partial charge in [-0.05, 0) is 41.8 Å². The number of aromatic amines is 1. The fourth-order valence-corrected chi connectivity index (χ4v) is 3.85. The monoisotopic (exact) mass is 467 g/mol. The summed E-state index contributed by atoms with van der Waals surface area (Å²) in [6.07, 6.45) is 1.53. The van der Waals surface area contributed by atoms with Crippen molar-refractivity contribution in [1.29, 1.82) is 0 Å². The Hall–Kier alpha value is -4.18. The van der Waals surface area contributed by atoms with Crippen molar-refractivity contribution in [3.05, 3.63) is 99.3 Å². The summed E-state index contributed by atoms with van der Waals surface area (Å²) in [5, 5.41) is 1.64. The highest BCUT2D eigenvalue weighted by atomic mass is 32.2. The number of hydrogen-bond donors (Lipinski definition) is 2. The van der Waals surface area contributed by atoms with Crippen molar-refractivity contribution < 1.29 is 17.5 Å². The lowest BCUT2D eigenvalue weighted by Gasteiger charge is -2.15. The summed E-state index contributed by atoms with van der Waals surface area (Å²) in [5.74, 6) is -0.572. The van der Waals surface area contributed by atoms with Gasteiger partial charge in [0.2, 0.25) is 0 Å². The van der Waals surface area contributed by atoms with Gasteiger partial charge in [-0.1, -0.05) is 24.8 Å². The normalized spacial score (nSPS) is 11.3. The second-order valence-corrected chi connectivity index (χ2v) is 8.76. The molecular weight excluding hydrogens is 449 g/mol. The number of anilines is 1. The van der Waals surface area contributed by atoms with Gasteiger partial charge in [0.1, 0.15) is 17.4 Å². The molecule has 2 aromatic heterocycles. The van der Waals surface area contributed by atoms with E-state index < -0.39 is 21.4 Å². The topological polar surface area (TPSA) is 110 Å². The number of nitrogens with one attached hydrogen (secondary N) is 2. The van der Waals surface area contributed by atoms with Crippen molar-refractivity contribution in [1.82, 2.24) is 9.55 Å². The van der Waals surface area contributed by atoms with Gasteiger partial charge in [-0.25, -0.2) is 12.8 Å². The fraction of sp³-hybridized carbons (Fsp3) is 0.0435. The molecule has 0 bridgehead atoms. The Morgan fingerprint density at radius 3 is 2.39 bits per heavy atom. The molecular formula is C23H18FN3O5S. The van der Waals surface area contributed by atoms with Crippen LogP contribution >= 0.6 is 0 Å². The SMILES string of the molecule is C=CS(=O)(=O)Nc1cc(-c2cn(C)c(=O)c3ccccc23)c(Oc2ccc(F)cc2)c(=O)[nH]1. The van der Waals surface area contributed by atoms with E-state index in [1.54, 1.807) is 31.3 Å². The second-order valence-electron chi connectivity index (χ2n) is 7.13. The molecule has 0 aliphatic heterocycles. The summed E-state index contributed by atoms with van der Waals surface area (Å²) in [6.45, 7) is 3.24. The molecule has 10 heteroatoms. The Balaban J connectivity index is 2.01. The lowest BCUT2D eigenvalue weighted by atomic mass is 10.0. The van der Waals surface area contributed by atoms with Crippen molar-refractivity contribution in [3.8, 4) is 22.6 Å². The summed E-state index contributed by atoms with van der Waals surface area (Å²) in [7, 11) is -2.35. The molecule has 168 valence electrons. The van der Waals surface area contributed by atoms with Crippen molar-refractivity contribution in [2.45, 2.75) is 0 Å². The third-order valence-electron chi connectivity index (χ3n) is 4.87. The maximum Gasteiger partial charge on any atom is 0.293 e. The van der Waals surface area contributed by atoms with E-state index in [1.165, 1.54) is 41.1 Å². The highest BCUT2D eigenvalue weighted by Crippen LogP contribution is 2.35. The first-order valence-corrected chi connectivity index (χ1v) is 11.2. The van der Waals surface area contributed by atoms with Crippen molar-refractivity contribution >= 4 is 26.6 Å². The number of halogens is 1. The van der Waals surface area contributed by atoms with Gasteiger partial charge in [0.05, 0.1) is 0 Å². The van der Waals surface area contributed by atoms with Crippen LogP contribution in [0.2, 0.25) is 0 Å². The number of pyridine rings is 2. The molecule has 0 atom stereocenters. The minimum atomic E-state index is -3.92. The standard InChI is InChI=1S/C23H18FN3O5S/c1-3-33(30,31)26-20-12-18(19-13-27(2)23(29)17-7-5-4-6-16(17)19)21(22(28)25-20)32-15-10-8-14(24)9-11-15/h3-13H,1H2,2H3,(H2,25,26,28). The molecule has 2 N–H and O–H groups in total. The largest absolute Gasteiger partial charge is 0.451 e. The molecule has 0 radical (unpaired) electrons. The van der Waals surface area contributed by atoms with E-state index >= 15 is 0 Å². The van der Waals surface area contributed by atoms with E-state index in [-0.39, 0.29) is 28.4 Å². The molecule has 0 unspecified atom stereocenters. The number of hydrogen-bond acceptors (Lipinski definition) is 5. The van der Waals surface area contributed by atoms with Crippen LogP contribution in [0, 0.1) is 5.82 Å². The van der Waals surface area contributed by atoms with E-state index in [1.807, 2.05) is 0 Å². The van der Waals surface area contributed by atoms with Crippen LogP contribution in [0.25, 0.3) is 21.9 Å². The quantitative estimate of drug-likeness (QED) is 0.449. The molecule has 2 heterocycles. The molecule has 0 fully saturated rings. The molecule has 0 spiro atoms. The number of aromatic nitrogens is 2. The van der Waals surface area contributed by atoms with Crippen LogP contribution < -0.4 is 20.6 Å². The number of H-pyrrole nitrogens is 1. The number of aryl methyl sites for hydroxylation is 1. The third kappa shape index (κ3) is 4.41. The smallest absolute Gasteiger partial charge is 0.293 e. The Labute approximate surface area is 187 Å². The molecule has 2 aromatic carbocycles. The Kier molecular flexibility index (Phi) is 5.60. The van der Waals surface area contributed by atoms with Crippen molar-refractivity contribution in [2.75, 3.05) is 4.72 Å². The first kappa shape index (κ1) is 22.0. The van der Waals surface area contributed by atoms with Gasteiger partial charge in [0.15, 0.2) is 5.75 Å². The van der Waals surface area contributed by atoms with E-state index in [2.05, 4.69) is 16.3 Å². The van der Waals surface area contributed by atoms with Crippen LogP contribution in [0.1, 0.15) is 0 Å². The maximum absolute atomic E-state index is 13.3. The fourth-order valence-electron chi connectivity index (χ4n) is 3.35. The van der Waals surface area contributed by atoms with Crippen LogP contribution in [0.3, 0.4) is 0 Å². The first-order chi connectivity index (χ1) is 15.7. The lowest BCUT2D eigenvalue weighted by Crippen LogP contribution is -2.19. The predicted octanol–water partition coefficient (Wildman–Crippen LogP) is 3.71. The summed E-state index contributed by atoms with van der Waals surface area (Å²) in [6, 6.07) is 13.3. The molecule has 8 nitrogen and oxygen atoms in total. The van der Waals surface area contributed by atoms with Gasteiger partial charge in [-0.2, -0.15) is 0 Å². The van der Waals surface area contributed by atoms with Gasteiger partial charge in [-0.3, -0.25) is 14.3 Å². The zero-order valence-corrected chi connectivity index (χ0v) is 18.1. The molecule has 0 amide bonds. The molecule has 4 aromatic rings. The number of fused-ring (bicyclic) bond motifs is 1. The van der Waals surface area contributed by atoms with Gasteiger partial charge >= 0.3 is 0 Å². The maximum atomic E-state index is 13.3. The van der Waals surface area contributed by atoms with Crippen LogP contribution in [0.15, 0.2) is 82.4 Å². The van der Waals surface area contributed by atoms with E-state index in [4.69, 9.17) is 4.74 Å². The number of benzene rings is 2. The minimum absolute atomic E-state index is 0.126. The summed E-state index contributed by atoms with van der Waals surface area (Å²) < 4.78 is 46.6. The molecule has 0 saturated heterocycles. The van der Waals surface area contributed by atoms with Gasteiger partial charge < -0.3 is 14.3 Å². The molecule has 0 saturated carbocycles. The molecule has 0 aliphatic carbocycles. The highest BCUT2D eigenvalue weighted by molar-refractivity contribution is 7.95. The van der Waals surface area contributed by atoms with E-state index in [0.29, 0.717) is 21.7 Å². The predicted molar refractivity (Wildman–Crippen MR) is 124 cm³/mol. The van der Waals surface area contributed by atoms with Crippen LogP contribution in [0.4, 0.5) is 10.2 Å². The van der Waals surface area contributed by atoms with E-state index in [0.717, 1.165) is 0 Å². The number of sulfonamides is 1. The Morgan fingerprint density at radius 1 is 1.06 bits per heavy atom. The second kappa shape index (κ2) is 8.40. The van der Waals surface area contributed by atoms with Crippen LogP contribution in [-0.2, 0) is 17.1 Å². The zero-order chi connectivity index (χ0) is 23.8. The van der Waals surface area contributed by atoms with E-state index in [9.17, 15) is 22.4 Å². The Morgan fingerprint density at radius 2 is 1.73 bits per heavy atom. The van der Waals surface area contributed by atoms with Crippen LogP contribution in [0.5, 0.6) is 11.5 Å². The molecule has 4 rings (SSSR count). The average Bonchev–Trinajstić information content (AvgIpc) is 2.79. The van der Waals surface area contributed by atoms with Crippen molar-refractivity contribution in [3.63, 3.8) is 0 Å². The highest BCUT2D eigenvalue weighted by Gasteiger charge is 2.19. The molecule has 0 aliphatic rings. The van der Waals surface area contributed by atoms with Gasteiger partial charge in [-0.15, -0.1) is 0 Å². The minimum Gasteiger partial charge on any atom is -0.451 e. The number of ether oxygens (including phenoxy) is 1.